The van der Waals surface area contributed by atoms with Gasteiger partial charge in [-0.1, -0.05) is 23.9 Å². The molecule has 1 heterocycles. The first-order chi connectivity index (χ1) is 9.63. The molecule has 1 aliphatic rings. The van der Waals surface area contributed by atoms with Crippen molar-refractivity contribution in [3.8, 4) is 0 Å². The number of thioether (sulfide) groups is 1. The minimum Gasteiger partial charge on any atom is -0.339 e. The summed E-state index contributed by atoms with van der Waals surface area (Å²) in [5.41, 5.74) is 0.0513. The molecule has 3 nitrogen and oxygen atoms in total. The molecule has 0 saturated carbocycles. The van der Waals surface area contributed by atoms with E-state index in [1.54, 1.807) is 11.0 Å². The van der Waals surface area contributed by atoms with Gasteiger partial charge in [0.15, 0.2) is 5.12 Å². The van der Waals surface area contributed by atoms with Crippen LogP contribution in [-0.4, -0.2) is 35.0 Å². The summed E-state index contributed by atoms with van der Waals surface area (Å²) in [6, 6.07) is 5.14. The van der Waals surface area contributed by atoms with E-state index in [0.29, 0.717) is 37.7 Å². The van der Waals surface area contributed by atoms with Crippen LogP contribution in [0, 0.1) is 11.7 Å². The van der Waals surface area contributed by atoms with Gasteiger partial charge in [0, 0.05) is 19.0 Å². The lowest BCUT2D eigenvalue weighted by atomic mass is 9.97. The Morgan fingerprint density at radius 2 is 1.90 bits per heavy atom. The molecule has 20 heavy (non-hydrogen) atoms. The molecule has 1 saturated heterocycles. The first kappa shape index (κ1) is 15.0. The third-order valence-electron chi connectivity index (χ3n) is 3.42. The van der Waals surface area contributed by atoms with Crippen molar-refractivity contribution in [1.29, 1.82) is 0 Å². The summed E-state index contributed by atoms with van der Waals surface area (Å²) in [4.78, 5) is 25.3. The second kappa shape index (κ2) is 6.83. The Balaban J connectivity index is 1.96. The molecule has 1 aromatic rings. The molecule has 108 valence electrons. The number of halogens is 2. The maximum Gasteiger partial charge on any atom is 0.256 e. The van der Waals surface area contributed by atoms with Crippen molar-refractivity contribution in [3.63, 3.8) is 0 Å². The van der Waals surface area contributed by atoms with E-state index in [2.05, 4.69) is 0 Å². The summed E-state index contributed by atoms with van der Waals surface area (Å²) in [6.45, 7) is 0.798. The molecule has 1 aromatic carbocycles. The smallest absolute Gasteiger partial charge is 0.256 e. The summed E-state index contributed by atoms with van der Waals surface area (Å²) in [5.74, 6) is -1.10. The van der Waals surface area contributed by atoms with Gasteiger partial charge in [0.25, 0.3) is 5.91 Å². The van der Waals surface area contributed by atoms with Crippen LogP contribution in [0.1, 0.15) is 23.2 Å². The van der Waals surface area contributed by atoms with E-state index in [-0.39, 0.29) is 22.5 Å². The second-order valence-electron chi connectivity index (χ2n) is 4.62. The number of benzene rings is 1. The van der Waals surface area contributed by atoms with Crippen molar-refractivity contribution in [2.45, 2.75) is 12.8 Å². The molecular weight excluding hydrogens is 284 g/mol. The minimum atomic E-state index is -0.715. The van der Waals surface area contributed by atoms with Gasteiger partial charge < -0.3 is 4.90 Å². The Hall–Kier alpha value is -1.43. The van der Waals surface area contributed by atoms with Gasteiger partial charge in [-0.2, -0.15) is 0 Å². The van der Waals surface area contributed by atoms with Gasteiger partial charge >= 0.3 is 0 Å². The summed E-state index contributed by atoms with van der Waals surface area (Å²) < 4.78 is 25.7. The predicted octanol–water partition coefficient (Wildman–Crippen LogP) is 2.86. The molecule has 1 fully saturated rings. The number of hydrogen-bond donors (Lipinski definition) is 0. The van der Waals surface area contributed by atoms with Crippen molar-refractivity contribution < 1.29 is 18.4 Å². The zero-order valence-corrected chi connectivity index (χ0v) is 11.7. The van der Waals surface area contributed by atoms with Crippen molar-refractivity contribution in [1.82, 2.24) is 4.90 Å². The lowest BCUT2D eigenvalue weighted by Gasteiger charge is -2.31. The third kappa shape index (κ3) is 3.36. The highest BCUT2D eigenvalue weighted by atomic mass is 32.2. The zero-order chi connectivity index (χ0) is 14.5. The Bertz CT molecular complexity index is 502. The normalized spacial score (nSPS) is 16.2. The van der Waals surface area contributed by atoms with Crippen molar-refractivity contribution in [3.05, 3.63) is 35.6 Å². The van der Waals surface area contributed by atoms with Crippen LogP contribution < -0.4 is 0 Å². The van der Waals surface area contributed by atoms with Crippen LogP contribution in [0.2, 0.25) is 0 Å². The molecule has 1 aliphatic heterocycles. The molecule has 0 aromatic heterocycles. The maximum absolute atomic E-state index is 13.6. The van der Waals surface area contributed by atoms with Gasteiger partial charge in [0.05, 0.1) is 5.56 Å². The maximum atomic E-state index is 13.6. The molecule has 1 amide bonds. The van der Waals surface area contributed by atoms with Gasteiger partial charge in [0.1, 0.15) is 11.8 Å². The SMILES string of the molecule is O=C(SCF)C1CCN(C(=O)c2ccccc2F)CC1. The molecule has 0 unspecified atom stereocenters. The fourth-order valence-electron chi connectivity index (χ4n) is 2.29. The Labute approximate surface area is 120 Å². The van der Waals surface area contributed by atoms with E-state index in [4.69, 9.17) is 0 Å². The van der Waals surface area contributed by atoms with E-state index in [1.165, 1.54) is 18.2 Å². The number of rotatable bonds is 3. The molecule has 0 bridgehead atoms. The van der Waals surface area contributed by atoms with Crippen LogP contribution in [0.25, 0.3) is 0 Å². The lowest BCUT2D eigenvalue weighted by Crippen LogP contribution is -2.40. The third-order valence-corrected chi connectivity index (χ3v) is 4.14. The highest BCUT2D eigenvalue weighted by Gasteiger charge is 2.28. The molecular formula is C14H15F2NO2S. The molecule has 0 N–H and O–H groups in total. The van der Waals surface area contributed by atoms with E-state index in [1.807, 2.05) is 0 Å². The van der Waals surface area contributed by atoms with Crippen molar-refractivity contribution in [2.75, 3.05) is 19.1 Å². The van der Waals surface area contributed by atoms with Crippen LogP contribution >= 0.6 is 11.8 Å². The van der Waals surface area contributed by atoms with Gasteiger partial charge in [-0.25, -0.2) is 8.78 Å². The zero-order valence-electron chi connectivity index (χ0n) is 10.9. The van der Waals surface area contributed by atoms with Gasteiger partial charge in [-0.3, -0.25) is 9.59 Å². The molecule has 6 heteroatoms. The predicted molar refractivity (Wildman–Crippen MR) is 73.6 cm³/mol. The second-order valence-corrected chi connectivity index (χ2v) is 5.53. The average Bonchev–Trinajstić information content (AvgIpc) is 2.47. The van der Waals surface area contributed by atoms with Crippen LogP contribution in [0.3, 0.4) is 0 Å². The summed E-state index contributed by atoms with van der Waals surface area (Å²) in [5, 5.41) is -0.162. The molecule has 0 atom stereocenters. The number of alkyl halides is 1. The summed E-state index contributed by atoms with van der Waals surface area (Å²) in [6.07, 6.45) is 1.01. The monoisotopic (exact) mass is 299 g/mol. The standard InChI is InChI=1S/C14H15F2NO2S/c15-9-20-14(19)10-5-7-17(8-6-10)13(18)11-3-1-2-4-12(11)16/h1-4,10H,5-9H2. The van der Waals surface area contributed by atoms with E-state index in [9.17, 15) is 18.4 Å². The lowest BCUT2D eigenvalue weighted by molar-refractivity contribution is -0.115. The van der Waals surface area contributed by atoms with Crippen LogP contribution in [-0.2, 0) is 4.79 Å². The summed E-state index contributed by atoms with van der Waals surface area (Å²) >= 11 is 0.677. The number of hydrogen-bond acceptors (Lipinski definition) is 3. The largest absolute Gasteiger partial charge is 0.339 e. The Morgan fingerprint density at radius 1 is 1.25 bits per heavy atom. The van der Waals surface area contributed by atoms with E-state index in [0.717, 1.165) is 0 Å². The van der Waals surface area contributed by atoms with Crippen LogP contribution in [0.4, 0.5) is 8.78 Å². The molecule has 0 spiro atoms. The number of carbonyl (C=O) groups is 2. The molecule has 2 rings (SSSR count). The first-order valence-electron chi connectivity index (χ1n) is 6.40. The van der Waals surface area contributed by atoms with Crippen molar-refractivity contribution >= 4 is 22.8 Å². The van der Waals surface area contributed by atoms with Crippen LogP contribution in [0.5, 0.6) is 0 Å². The number of nitrogens with zero attached hydrogens (tertiary/aromatic N) is 1. The van der Waals surface area contributed by atoms with E-state index >= 15 is 0 Å². The van der Waals surface area contributed by atoms with E-state index < -0.39 is 11.8 Å². The van der Waals surface area contributed by atoms with Crippen molar-refractivity contribution in [2.24, 2.45) is 5.92 Å². The molecule has 0 radical (unpaired) electrons. The van der Waals surface area contributed by atoms with Gasteiger partial charge in [-0.15, -0.1) is 0 Å². The highest BCUT2D eigenvalue weighted by Crippen LogP contribution is 2.24. The number of likely N-dealkylation sites (tertiary alicyclic amines) is 1. The topological polar surface area (TPSA) is 37.4 Å². The Kier molecular flexibility index (Phi) is 5.11. The fraction of sp³-hybridized carbons (Fsp3) is 0.429. The highest BCUT2D eigenvalue weighted by molar-refractivity contribution is 8.13. The number of carbonyl (C=O) groups excluding carboxylic acids is 2. The van der Waals surface area contributed by atoms with Gasteiger partial charge in [-0.05, 0) is 25.0 Å². The summed E-state index contributed by atoms with van der Waals surface area (Å²) in [7, 11) is 0. The molecule has 0 aliphatic carbocycles. The number of amides is 1. The minimum absolute atomic E-state index is 0.0513. The Morgan fingerprint density at radius 3 is 2.50 bits per heavy atom. The average molecular weight is 299 g/mol. The fourth-order valence-corrected chi connectivity index (χ4v) is 2.87. The quantitative estimate of drug-likeness (QED) is 0.861. The van der Waals surface area contributed by atoms with Crippen LogP contribution in [0.15, 0.2) is 24.3 Å². The first-order valence-corrected chi connectivity index (χ1v) is 7.38. The van der Waals surface area contributed by atoms with Gasteiger partial charge in [0.2, 0.25) is 0 Å². The number of piperidine rings is 1.